The summed E-state index contributed by atoms with van der Waals surface area (Å²) in [5.41, 5.74) is 10.3. The van der Waals surface area contributed by atoms with Gasteiger partial charge in [-0.1, -0.05) is 110 Å². The minimum atomic E-state index is -1.04. The van der Waals surface area contributed by atoms with E-state index in [-0.39, 0.29) is 24.8 Å². The van der Waals surface area contributed by atoms with Gasteiger partial charge >= 0.3 is 5.97 Å². The molecule has 0 bridgehead atoms. The number of aliphatic carboxylic acids is 1. The fourth-order valence-corrected chi connectivity index (χ4v) is 5.22. The van der Waals surface area contributed by atoms with Crippen LogP contribution in [0.4, 0.5) is 5.69 Å². The van der Waals surface area contributed by atoms with Gasteiger partial charge < -0.3 is 15.7 Å². The Morgan fingerprint density at radius 1 is 0.884 bits per heavy atom. The topological polar surface area (TPSA) is 128 Å². The highest BCUT2D eigenvalue weighted by Crippen LogP contribution is 2.38. The Kier molecular flexibility index (Phi) is 8.48. The monoisotopic (exact) mass is 572 g/mol. The normalized spacial score (nSPS) is 14.1. The standard InChI is InChI=1S/C35H32N4O4/c1-23(35(42)43)21-38-22-31(40)39(32(26-8-4-2-5-9-26)27-10-6-3-7-11-27)30-19-16-25(20-29(30)34(38)41)13-12-24-14-17-28(18-15-24)33(36)37/h2-20,23,32H,21-22H2,1H3,(H3,36,37)(H,42,43). The number of amidine groups is 1. The number of benzene rings is 4. The van der Waals surface area contributed by atoms with E-state index in [9.17, 15) is 19.5 Å². The van der Waals surface area contributed by atoms with Crippen molar-refractivity contribution in [3.05, 3.63) is 137 Å². The van der Waals surface area contributed by atoms with Crippen molar-refractivity contribution in [2.45, 2.75) is 13.0 Å². The number of hydrogen-bond donors (Lipinski definition) is 3. The number of nitrogens with zero attached hydrogens (tertiary/aromatic N) is 2. The molecular weight excluding hydrogens is 540 g/mol. The zero-order valence-corrected chi connectivity index (χ0v) is 23.7. The molecule has 0 aromatic heterocycles. The molecule has 5 rings (SSSR count). The maximum Gasteiger partial charge on any atom is 0.308 e. The number of carboxylic acid groups (broad SMARTS) is 1. The van der Waals surface area contributed by atoms with Crippen molar-refractivity contribution in [1.29, 1.82) is 5.41 Å². The van der Waals surface area contributed by atoms with Gasteiger partial charge in [0.1, 0.15) is 12.4 Å². The Balaban J connectivity index is 1.62. The molecular formula is C35H32N4O4. The third-order valence-corrected chi connectivity index (χ3v) is 7.49. The number of carbonyl (C=O) groups excluding carboxylic acids is 2. The molecule has 8 nitrogen and oxygen atoms in total. The van der Waals surface area contributed by atoms with Crippen LogP contribution in [-0.4, -0.2) is 46.7 Å². The highest BCUT2D eigenvalue weighted by molar-refractivity contribution is 6.10. The van der Waals surface area contributed by atoms with Crippen molar-refractivity contribution in [3.8, 4) is 0 Å². The average Bonchev–Trinajstić information content (AvgIpc) is 3.11. The summed E-state index contributed by atoms with van der Waals surface area (Å²) >= 11 is 0. The summed E-state index contributed by atoms with van der Waals surface area (Å²) in [7, 11) is 0. The summed E-state index contributed by atoms with van der Waals surface area (Å²) in [6, 6.07) is 31.4. The number of anilines is 1. The second kappa shape index (κ2) is 12.6. The number of hydrogen-bond acceptors (Lipinski definition) is 4. The molecule has 0 radical (unpaired) electrons. The molecule has 43 heavy (non-hydrogen) atoms. The molecule has 0 fully saturated rings. The van der Waals surface area contributed by atoms with Crippen LogP contribution in [0.1, 0.15) is 51.1 Å². The zero-order valence-electron chi connectivity index (χ0n) is 23.7. The molecule has 4 aromatic carbocycles. The number of fused-ring (bicyclic) bond motifs is 1. The van der Waals surface area contributed by atoms with E-state index in [0.29, 0.717) is 16.8 Å². The average molecular weight is 573 g/mol. The maximum atomic E-state index is 14.1. The SMILES string of the molecule is CC(CN1CC(=O)N(C(c2ccccc2)c2ccccc2)c2ccc(C=Cc3ccc(C(=N)N)cc3)cc2C1=O)C(=O)O. The summed E-state index contributed by atoms with van der Waals surface area (Å²) in [6.45, 7) is 1.17. The molecule has 1 atom stereocenters. The fourth-order valence-electron chi connectivity index (χ4n) is 5.22. The van der Waals surface area contributed by atoms with Gasteiger partial charge in [-0.15, -0.1) is 0 Å². The predicted octanol–water partition coefficient (Wildman–Crippen LogP) is 5.44. The lowest BCUT2D eigenvalue weighted by molar-refractivity contribution is -0.141. The summed E-state index contributed by atoms with van der Waals surface area (Å²) < 4.78 is 0. The molecule has 0 saturated carbocycles. The molecule has 216 valence electrons. The molecule has 1 heterocycles. The third-order valence-electron chi connectivity index (χ3n) is 7.49. The van der Waals surface area contributed by atoms with E-state index < -0.39 is 23.8 Å². The van der Waals surface area contributed by atoms with Gasteiger partial charge in [0.05, 0.1) is 23.2 Å². The Morgan fingerprint density at radius 2 is 1.44 bits per heavy atom. The number of nitrogens with one attached hydrogen (secondary N) is 1. The van der Waals surface area contributed by atoms with Crippen molar-refractivity contribution in [3.63, 3.8) is 0 Å². The van der Waals surface area contributed by atoms with Gasteiger partial charge in [-0.2, -0.15) is 0 Å². The van der Waals surface area contributed by atoms with Gasteiger partial charge in [-0.25, -0.2) is 0 Å². The number of carboxylic acids is 1. The largest absolute Gasteiger partial charge is 0.481 e. The maximum absolute atomic E-state index is 14.1. The number of nitrogen functional groups attached to an aromatic ring is 1. The molecule has 0 saturated heterocycles. The smallest absolute Gasteiger partial charge is 0.308 e. The molecule has 4 aromatic rings. The lowest BCUT2D eigenvalue weighted by atomic mass is 9.95. The molecule has 8 heteroatoms. The number of rotatable bonds is 9. The Hall–Kier alpha value is -5.50. The lowest BCUT2D eigenvalue weighted by Crippen LogP contribution is -2.43. The first-order valence-electron chi connectivity index (χ1n) is 13.9. The Morgan fingerprint density at radius 3 is 2.00 bits per heavy atom. The second-order valence-electron chi connectivity index (χ2n) is 10.6. The molecule has 4 N–H and O–H groups in total. The minimum Gasteiger partial charge on any atom is -0.481 e. The van der Waals surface area contributed by atoms with Crippen LogP contribution in [0.15, 0.2) is 103 Å². The first kappa shape index (κ1) is 29.0. The number of amides is 2. The Bertz CT molecular complexity index is 1640. The van der Waals surface area contributed by atoms with E-state index in [1.807, 2.05) is 91.0 Å². The quantitative estimate of drug-likeness (QED) is 0.140. The van der Waals surface area contributed by atoms with E-state index in [4.69, 9.17) is 11.1 Å². The van der Waals surface area contributed by atoms with Crippen LogP contribution in [-0.2, 0) is 9.59 Å². The van der Waals surface area contributed by atoms with Gasteiger partial charge in [-0.3, -0.25) is 24.7 Å². The molecule has 0 aliphatic carbocycles. The van der Waals surface area contributed by atoms with E-state index >= 15 is 0 Å². The first-order chi connectivity index (χ1) is 20.7. The highest BCUT2D eigenvalue weighted by atomic mass is 16.4. The van der Waals surface area contributed by atoms with Crippen LogP contribution < -0.4 is 10.6 Å². The third kappa shape index (κ3) is 6.38. The summed E-state index contributed by atoms with van der Waals surface area (Å²) in [5.74, 6) is -2.62. The van der Waals surface area contributed by atoms with E-state index in [1.165, 1.54) is 11.8 Å². The fraction of sp³-hybridized carbons (Fsp3) is 0.143. The van der Waals surface area contributed by atoms with Crippen LogP contribution in [0.5, 0.6) is 0 Å². The van der Waals surface area contributed by atoms with Crippen LogP contribution in [0.25, 0.3) is 12.2 Å². The van der Waals surface area contributed by atoms with Gasteiger partial charge in [0.15, 0.2) is 0 Å². The summed E-state index contributed by atoms with van der Waals surface area (Å²) in [4.78, 5) is 42.8. The van der Waals surface area contributed by atoms with Gasteiger partial charge in [0.2, 0.25) is 5.91 Å². The van der Waals surface area contributed by atoms with E-state index in [2.05, 4.69) is 0 Å². The van der Waals surface area contributed by atoms with Crippen molar-refractivity contribution in [2.24, 2.45) is 11.7 Å². The van der Waals surface area contributed by atoms with Gasteiger partial charge in [-0.05, 0) is 34.4 Å². The van der Waals surface area contributed by atoms with Crippen LogP contribution in [0, 0.1) is 11.3 Å². The summed E-state index contributed by atoms with van der Waals surface area (Å²) in [5, 5.41) is 17.2. The van der Waals surface area contributed by atoms with E-state index in [0.717, 1.165) is 22.3 Å². The first-order valence-corrected chi connectivity index (χ1v) is 13.9. The van der Waals surface area contributed by atoms with Crippen LogP contribution in [0.3, 0.4) is 0 Å². The van der Waals surface area contributed by atoms with Crippen molar-refractivity contribution in [2.75, 3.05) is 18.0 Å². The molecule has 0 spiro atoms. The van der Waals surface area contributed by atoms with Crippen LogP contribution >= 0.6 is 0 Å². The molecule has 1 aliphatic heterocycles. The Labute approximate surface area is 250 Å². The van der Waals surface area contributed by atoms with Crippen LogP contribution in [0.2, 0.25) is 0 Å². The van der Waals surface area contributed by atoms with Crippen molar-refractivity contribution < 1.29 is 19.5 Å². The number of nitrogens with two attached hydrogens (primary N) is 1. The zero-order chi connectivity index (χ0) is 30.5. The van der Waals surface area contributed by atoms with Crippen molar-refractivity contribution in [1.82, 2.24) is 4.90 Å². The second-order valence-corrected chi connectivity index (χ2v) is 10.6. The predicted molar refractivity (Wildman–Crippen MR) is 168 cm³/mol. The van der Waals surface area contributed by atoms with Gasteiger partial charge in [0, 0.05) is 12.1 Å². The van der Waals surface area contributed by atoms with Gasteiger partial charge in [0.25, 0.3) is 5.91 Å². The van der Waals surface area contributed by atoms with Crippen molar-refractivity contribution >= 4 is 41.5 Å². The molecule has 1 unspecified atom stereocenters. The molecule has 1 aliphatic rings. The van der Waals surface area contributed by atoms with E-state index in [1.54, 1.807) is 29.2 Å². The molecule has 2 amide bonds. The highest BCUT2D eigenvalue weighted by Gasteiger charge is 2.37. The number of carbonyl (C=O) groups is 3. The lowest BCUT2D eigenvalue weighted by Gasteiger charge is -2.33. The minimum absolute atomic E-state index is 0.00928. The summed E-state index contributed by atoms with van der Waals surface area (Å²) in [6.07, 6.45) is 3.75.